The Morgan fingerprint density at radius 2 is 1.67 bits per heavy atom. The van der Waals surface area contributed by atoms with Gasteiger partial charge in [0.05, 0.1) is 12.8 Å². The molecule has 0 saturated heterocycles. The molecule has 0 fully saturated rings. The number of aliphatic hydroxyl groups excluding tert-OH is 1. The molecule has 1 N–H and O–H groups in total. The number of aliphatic imine (C=N–C) groups is 1. The van der Waals surface area contributed by atoms with Crippen LogP contribution in [0.25, 0.3) is 5.76 Å². The number of para-hydroxylation sites is 1. The Kier molecular flexibility index (Phi) is 6.68. The second kappa shape index (κ2) is 8.77. The maximum atomic E-state index is 13.2. The van der Waals surface area contributed by atoms with Crippen molar-refractivity contribution in [3.05, 3.63) is 65.7 Å². The fraction of sp³-hybridized carbons (Fsp3) is 0.158. The van der Waals surface area contributed by atoms with Crippen LogP contribution in [0.4, 0.5) is 18.9 Å². The van der Waals surface area contributed by atoms with Gasteiger partial charge in [0.1, 0.15) is 22.1 Å². The first-order valence-electron chi connectivity index (χ1n) is 7.65. The van der Waals surface area contributed by atoms with Crippen LogP contribution in [0.3, 0.4) is 0 Å². The molecular formula is C19H16F3NO3S. The van der Waals surface area contributed by atoms with Crippen molar-refractivity contribution in [2.75, 3.05) is 13.4 Å². The van der Waals surface area contributed by atoms with Crippen LogP contribution in [0.1, 0.15) is 5.56 Å². The minimum Gasteiger partial charge on any atom is -0.506 e. The molecule has 0 aliphatic carbocycles. The van der Waals surface area contributed by atoms with Gasteiger partial charge >= 0.3 is 6.18 Å². The normalized spacial score (nSPS) is 13.1. The van der Waals surface area contributed by atoms with Gasteiger partial charge < -0.3 is 9.84 Å². The zero-order valence-electron chi connectivity index (χ0n) is 14.4. The molecule has 0 radical (unpaired) electrons. The van der Waals surface area contributed by atoms with E-state index in [1.807, 2.05) is 0 Å². The number of ether oxygens (including phenoxy) is 1. The minimum atomic E-state index is -5.16. The summed E-state index contributed by atoms with van der Waals surface area (Å²) in [6, 6.07) is 13.9. The van der Waals surface area contributed by atoms with Crippen LogP contribution in [0.5, 0.6) is 5.75 Å². The van der Waals surface area contributed by atoms with Crippen LogP contribution in [0, 0.1) is 0 Å². The molecule has 0 unspecified atom stereocenters. The lowest BCUT2D eigenvalue weighted by Crippen LogP contribution is -2.28. The summed E-state index contributed by atoms with van der Waals surface area (Å²) in [5, 5.41) is 10.2. The van der Waals surface area contributed by atoms with Crippen molar-refractivity contribution >= 4 is 34.0 Å². The summed E-state index contributed by atoms with van der Waals surface area (Å²) in [6.45, 7) is 0. The molecule has 0 saturated carbocycles. The average molecular weight is 395 g/mol. The first-order valence-corrected chi connectivity index (χ1v) is 8.87. The van der Waals surface area contributed by atoms with Gasteiger partial charge in [0.25, 0.3) is 5.78 Å². The lowest BCUT2D eigenvalue weighted by atomic mass is 10.0. The Bertz CT molecular complexity index is 860. The molecule has 2 aromatic carbocycles. The van der Waals surface area contributed by atoms with Gasteiger partial charge in [-0.1, -0.05) is 18.2 Å². The molecule has 142 valence electrons. The maximum absolute atomic E-state index is 13.2. The molecule has 2 aromatic rings. The Morgan fingerprint density at radius 3 is 2.15 bits per heavy atom. The molecule has 0 spiro atoms. The highest BCUT2D eigenvalue weighted by atomic mass is 32.2. The summed E-state index contributed by atoms with van der Waals surface area (Å²) in [4.78, 5) is 16.1. The summed E-state index contributed by atoms with van der Waals surface area (Å²) >= 11 is 0.835. The largest absolute Gasteiger partial charge is 0.506 e. The number of carbonyl (C=O) groups is 1. The van der Waals surface area contributed by atoms with Crippen molar-refractivity contribution in [1.29, 1.82) is 0 Å². The van der Waals surface area contributed by atoms with E-state index in [-0.39, 0.29) is 10.6 Å². The van der Waals surface area contributed by atoms with Gasteiger partial charge in [-0.3, -0.25) is 4.79 Å². The maximum Gasteiger partial charge on any atom is 0.455 e. The minimum absolute atomic E-state index is 0.0400. The molecule has 4 nitrogen and oxygen atoms in total. The van der Waals surface area contributed by atoms with Gasteiger partial charge in [0, 0.05) is 5.56 Å². The standard InChI is InChI=1S/C19H16F3NO3S/c1-26-14-10-8-12(9-11-14)16(24)15(17(25)19(20,21)22)18(27-2)23-13-6-4-3-5-7-13/h3-11,24H,1-2H3/b16-15-,23-18?. The smallest absolute Gasteiger partial charge is 0.455 e. The predicted molar refractivity (Wildman–Crippen MR) is 101 cm³/mol. The van der Waals surface area contributed by atoms with E-state index in [2.05, 4.69) is 4.99 Å². The van der Waals surface area contributed by atoms with Gasteiger partial charge in [0.2, 0.25) is 0 Å². The van der Waals surface area contributed by atoms with Crippen LogP contribution in [-0.2, 0) is 4.79 Å². The highest BCUT2D eigenvalue weighted by Gasteiger charge is 2.44. The number of aliphatic hydroxyl groups is 1. The molecule has 0 aliphatic rings. The van der Waals surface area contributed by atoms with Crippen LogP contribution in [0.15, 0.2) is 65.2 Å². The van der Waals surface area contributed by atoms with E-state index in [0.29, 0.717) is 11.4 Å². The predicted octanol–water partition coefficient (Wildman–Crippen LogP) is 5.19. The van der Waals surface area contributed by atoms with Crippen molar-refractivity contribution in [3.8, 4) is 5.75 Å². The number of nitrogens with zero attached hydrogens (tertiary/aromatic N) is 1. The number of hydrogen-bond donors (Lipinski definition) is 1. The van der Waals surface area contributed by atoms with Crippen molar-refractivity contribution in [2.45, 2.75) is 6.18 Å². The van der Waals surface area contributed by atoms with Crippen molar-refractivity contribution in [2.24, 2.45) is 4.99 Å². The number of thioether (sulfide) groups is 1. The molecule has 0 aromatic heterocycles. The van der Waals surface area contributed by atoms with Crippen molar-refractivity contribution in [3.63, 3.8) is 0 Å². The number of alkyl halides is 3. The summed E-state index contributed by atoms with van der Waals surface area (Å²) < 4.78 is 44.4. The van der Waals surface area contributed by atoms with E-state index in [9.17, 15) is 23.1 Å². The molecule has 0 aliphatic heterocycles. The van der Waals surface area contributed by atoms with Gasteiger partial charge in [-0.25, -0.2) is 4.99 Å². The van der Waals surface area contributed by atoms with Crippen LogP contribution in [0.2, 0.25) is 0 Å². The molecule has 0 amide bonds. The number of carbonyl (C=O) groups excluding carboxylic acids is 1. The monoisotopic (exact) mass is 395 g/mol. The Hall–Kier alpha value is -2.74. The molecular weight excluding hydrogens is 379 g/mol. The summed E-state index contributed by atoms with van der Waals surface area (Å²) in [5.41, 5.74) is -0.501. The van der Waals surface area contributed by atoms with Gasteiger partial charge in [0.15, 0.2) is 0 Å². The first-order chi connectivity index (χ1) is 12.8. The van der Waals surface area contributed by atoms with E-state index >= 15 is 0 Å². The number of rotatable bonds is 5. The number of benzene rings is 2. The zero-order valence-corrected chi connectivity index (χ0v) is 15.3. The summed E-state index contributed by atoms with van der Waals surface area (Å²) in [7, 11) is 1.43. The summed E-state index contributed by atoms with van der Waals surface area (Å²) in [5.74, 6) is -2.51. The fourth-order valence-electron chi connectivity index (χ4n) is 2.16. The van der Waals surface area contributed by atoms with Crippen LogP contribution < -0.4 is 4.74 Å². The van der Waals surface area contributed by atoms with Gasteiger partial charge in [-0.05, 0) is 42.7 Å². The molecule has 0 atom stereocenters. The Balaban J connectivity index is 2.65. The average Bonchev–Trinajstić information content (AvgIpc) is 2.67. The number of halogens is 3. The quantitative estimate of drug-likeness (QED) is 0.328. The second-order valence-electron chi connectivity index (χ2n) is 5.24. The fourth-order valence-corrected chi connectivity index (χ4v) is 2.75. The Morgan fingerprint density at radius 1 is 1.07 bits per heavy atom. The van der Waals surface area contributed by atoms with E-state index in [1.54, 1.807) is 30.3 Å². The summed E-state index contributed by atoms with van der Waals surface area (Å²) in [6.07, 6.45) is -3.68. The van der Waals surface area contributed by atoms with Crippen molar-refractivity contribution < 1.29 is 27.8 Å². The third kappa shape index (κ3) is 5.13. The van der Waals surface area contributed by atoms with Gasteiger partial charge in [-0.15, -0.1) is 11.8 Å². The van der Waals surface area contributed by atoms with Crippen LogP contribution in [-0.4, -0.2) is 35.5 Å². The molecule has 0 bridgehead atoms. The zero-order chi connectivity index (χ0) is 20.0. The molecule has 27 heavy (non-hydrogen) atoms. The number of ketones is 1. The SMILES string of the molecule is COc1ccc(/C(O)=C(\C(=O)C(F)(F)F)C(=Nc2ccccc2)SC)cc1. The number of Topliss-reactive ketones (excluding diaryl/α,β-unsaturated/α-hetero) is 1. The Labute approximate surface area is 158 Å². The highest BCUT2D eigenvalue weighted by molar-refractivity contribution is 8.14. The lowest BCUT2D eigenvalue weighted by Gasteiger charge is -2.14. The van der Waals surface area contributed by atoms with E-state index < -0.39 is 23.3 Å². The van der Waals surface area contributed by atoms with Crippen LogP contribution >= 0.6 is 11.8 Å². The third-order valence-corrected chi connectivity index (χ3v) is 4.16. The van der Waals surface area contributed by atoms with E-state index in [0.717, 1.165) is 11.8 Å². The molecule has 2 rings (SSSR count). The molecule has 0 heterocycles. The highest BCUT2D eigenvalue weighted by Crippen LogP contribution is 2.31. The first kappa shape index (κ1) is 20.6. The lowest BCUT2D eigenvalue weighted by molar-refractivity contribution is -0.165. The molecule has 8 heteroatoms. The third-order valence-electron chi connectivity index (χ3n) is 3.48. The second-order valence-corrected chi connectivity index (χ2v) is 6.03. The topological polar surface area (TPSA) is 58.9 Å². The number of methoxy groups -OCH3 is 1. The van der Waals surface area contributed by atoms with Gasteiger partial charge in [-0.2, -0.15) is 13.2 Å². The van der Waals surface area contributed by atoms with Crippen molar-refractivity contribution in [1.82, 2.24) is 0 Å². The van der Waals surface area contributed by atoms with E-state index in [4.69, 9.17) is 4.74 Å². The number of hydrogen-bond acceptors (Lipinski definition) is 5. The van der Waals surface area contributed by atoms with E-state index in [1.165, 1.54) is 37.6 Å².